The van der Waals surface area contributed by atoms with E-state index in [1.54, 1.807) is 17.8 Å². The Morgan fingerprint density at radius 1 is 1.17 bits per heavy atom. The molecule has 0 radical (unpaired) electrons. The maximum Gasteiger partial charge on any atom is 0.332 e. The van der Waals surface area contributed by atoms with Crippen molar-refractivity contribution < 1.29 is 10.2 Å². The zero-order valence-electron chi connectivity index (χ0n) is 13.6. The van der Waals surface area contributed by atoms with Gasteiger partial charge in [0.15, 0.2) is 11.2 Å². The number of aliphatic hydroxyl groups excluding tert-OH is 2. The van der Waals surface area contributed by atoms with Crippen LogP contribution in [-0.2, 0) is 19.6 Å². The summed E-state index contributed by atoms with van der Waals surface area (Å²) < 4.78 is 4.49. The van der Waals surface area contributed by atoms with Gasteiger partial charge in [0.1, 0.15) is 0 Å². The van der Waals surface area contributed by atoms with Gasteiger partial charge in [-0.25, -0.2) is 9.78 Å². The molecule has 2 aromatic rings. The molecule has 2 rings (SSSR count). The van der Waals surface area contributed by atoms with Gasteiger partial charge in [-0.3, -0.25) is 13.9 Å². The number of hydrogen-bond acceptors (Lipinski definition) is 5. The molecular weight excluding hydrogens is 300 g/mol. The number of rotatable bonds is 8. The first-order valence-corrected chi connectivity index (χ1v) is 8.02. The highest BCUT2D eigenvalue weighted by atomic mass is 16.3. The van der Waals surface area contributed by atoms with Crippen LogP contribution in [0.2, 0.25) is 0 Å². The van der Waals surface area contributed by atoms with Crippen molar-refractivity contribution >= 4 is 11.2 Å². The van der Waals surface area contributed by atoms with Crippen LogP contribution in [0.3, 0.4) is 0 Å². The molecular formula is C15H24N4O4. The van der Waals surface area contributed by atoms with Crippen LogP contribution in [0, 0.1) is 0 Å². The maximum absolute atomic E-state index is 12.5. The van der Waals surface area contributed by atoms with Gasteiger partial charge in [-0.2, -0.15) is 0 Å². The molecule has 128 valence electrons. The zero-order chi connectivity index (χ0) is 17.0. The van der Waals surface area contributed by atoms with Crippen LogP contribution in [0.5, 0.6) is 0 Å². The molecule has 8 nitrogen and oxygen atoms in total. The highest BCUT2D eigenvalue weighted by Crippen LogP contribution is 2.09. The van der Waals surface area contributed by atoms with E-state index in [0.717, 1.165) is 0 Å². The van der Waals surface area contributed by atoms with Gasteiger partial charge >= 0.3 is 5.69 Å². The van der Waals surface area contributed by atoms with E-state index in [1.165, 1.54) is 9.13 Å². The molecule has 0 aliphatic heterocycles. The van der Waals surface area contributed by atoms with Crippen molar-refractivity contribution in [3.8, 4) is 0 Å². The van der Waals surface area contributed by atoms with E-state index in [9.17, 15) is 14.7 Å². The Labute approximate surface area is 133 Å². The molecule has 0 spiro atoms. The monoisotopic (exact) mass is 324 g/mol. The Bertz CT molecular complexity index is 774. The molecule has 1 unspecified atom stereocenters. The average molecular weight is 324 g/mol. The quantitative estimate of drug-likeness (QED) is 0.661. The predicted molar refractivity (Wildman–Crippen MR) is 86.5 cm³/mol. The molecule has 0 aliphatic carbocycles. The molecule has 0 fully saturated rings. The van der Waals surface area contributed by atoms with Crippen LogP contribution >= 0.6 is 0 Å². The van der Waals surface area contributed by atoms with E-state index in [4.69, 9.17) is 5.11 Å². The Hall–Kier alpha value is -1.93. The zero-order valence-corrected chi connectivity index (χ0v) is 13.6. The minimum Gasteiger partial charge on any atom is -0.394 e. The summed E-state index contributed by atoms with van der Waals surface area (Å²) in [6, 6.07) is 0. The standard InChI is InChI=1S/C15H24N4O4/c1-3-17-10-16-13-12(17)14(22)18(4-2)15(23)19(13)8-6-5-7-11(21)9-20/h10-11,20-21H,3-9H2,1-2H3. The topological polar surface area (TPSA) is 102 Å². The van der Waals surface area contributed by atoms with Crippen molar-refractivity contribution in [3.63, 3.8) is 0 Å². The van der Waals surface area contributed by atoms with Gasteiger partial charge in [-0.05, 0) is 33.1 Å². The first-order chi connectivity index (χ1) is 11.0. The molecule has 2 N–H and O–H groups in total. The lowest BCUT2D eigenvalue weighted by Crippen LogP contribution is -2.40. The fourth-order valence-electron chi connectivity index (χ4n) is 2.70. The molecule has 0 aliphatic rings. The largest absolute Gasteiger partial charge is 0.394 e. The molecule has 0 amide bonds. The second-order valence-corrected chi connectivity index (χ2v) is 5.52. The van der Waals surface area contributed by atoms with Gasteiger partial charge in [-0.15, -0.1) is 0 Å². The summed E-state index contributed by atoms with van der Waals surface area (Å²) in [5, 5.41) is 18.2. The van der Waals surface area contributed by atoms with E-state index < -0.39 is 6.10 Å². The van der Waals surface area contributed by atoms with Gasteiger partial charge in [0.2, 0.25) is 0 Å². The summed E-state index contributed by atoms with van der Waals surface area (Å²) in [5.41, 5.74) is 0.200. The van der Waals surface area contributed by atoms with Crippen LogP contribution in [0.1, 0.15) is 33.1 Å². The number of aliphatic hydroxyl groups is 2. The van der Waals surface area contributed by atoms with Crippen molar-refractivity contribution in [2.75, 3.05) is 6.61 Å². The van der Waals surface area contributed by atoms with Gasteiger partial charge in [0, 0.05) is 19.6 Å². The summed E-state index contributed by atoms with van der Waals surface area (Å²) in [6.07, 6.45) is 2.67. The lowest BCUT2D eigenvalue weighted by atomic mass is 10.1. The number of unbranched alkanes of at least 4 members (excludes halogenated alkanes) is 1. The van der Waals surface area contributed by atoms with Crippen LogP contribution in [-0.4, -0.2) is 41.6 Å². The van der Waals surface area contributed by atoms with E-state index >= 15 is 0 Å². The fourth-order valence-corrected chi connectivity index (χ4v) is 2.70. The smallest absolute Gasteiger partial charge is 0.332 e. The van der Waals surface area contributed by atoms with Crippen LogP contribution in [0.25, 0.3) is 11.2 Å². The molecule has 0 saturated heterocycles. The maximum atomic E-state index is 12.5. The molecule has 2 heterocycles. The highest BCUT2D eigenvalue weighted by molar-refractivity contribution is 5.70. The summed E-state index contributed by atoms with van der Waals surface area (Å²) in [5.74, 6) is 0. The molecule has 0 saturated carbocycles. The highest BCUT2D eigenvalue weighted by Gasteiger charge is 2.16. The molecule has 0 bridgehead atoms. The minimum atomic E-state index is -0.726. The third-order valence-electron chi connectivity index (χ3n) is 4.02. The number of fused-ring (bicyclic) bond motifs is 1. The third kappa shape index (κ3) is 3.37. The van der Waals surface area contributed by atoms with Gasteiger partial charge in [0.05, 0.1) is 19.0 Å². The van der Waals surface area contributed by atoms with Crippen molar-refractivity contribution in [1.82, 2.24) is 18.7 Å². The summed E-state index contributed by atoms with van der Waals surface area (Å²) in [7, 11) is 0. The third-order valence-corrected chi connectivity index (χ3v) is 4.02. The van der Waals surface area contributed by atoms with Gasteiger partial charge in [0.25, 0.3) is 5.56 Å². The van der Waals surface area contributed by atoms with Gasteiger partial charge < -0.3 is 14.8 Å². The average Bonchev–Trinajstić information content (AvgIpc) is 2.98. The Kier molecular flexibility index (Phi) is 5.73. The summed E-state index contributed by atoms with van der Waals surface area (Å²) in [4.78, 5) is 29.2. The lowest BCUT2D eigenvalue weighted by Gasteiger charge is -2.11. The fraction of sp³-hybridized carbons (Fsp3) is 0.667. The van der Waals surface area contributed by atoms with Crippen molar-refractivity contribution in [3.05, 3.63) is 27.2 Å². The lowest BCUT2D eigenvalue weighted by molar-refractivity contribution is 0.0859. The first-order valence-electron chi connectivity index (χ1n) is 8.02. The second-order valence-electron chi connectivity index (χ2n) is 5.52. The normalized spacial score (nSPS) is 12.9. The number of aromatic nitrogens is 4. The van der Waals surface area contributed by atoms with E-state index in [-0.39, 0.29) is 17.9 Å². The van der Waals surface area contributed by atoms with E-state index in [1.807, 2.05) is 6.92 Å². The minimum absolute atomic E-state index is 0.258. The van der Waals surface area contributed by atoms with Crippen molar-refractivity contribution in [2.24, 2.45) is 0 Å². The molecule has 0 aromatic carbocycles. The molecule has 23 heavy (non-hydrogen) atoms. The van der Waals surface area contributed by atoms with Crippen LogP contribution in [0.4, 0.5) is 0 Å². The van der Waals surface area contributed by atoms with Crippen molar-refractivity contribution in [2.45, 2.75) is 58.8 Å². The molecule has 1 atom stereocenters. The second kappa shape index (κ2) is 7.56. The SMILES string of the molecule is CCn1c(=O)c2c(ncn2CC)n(CCCCC(O)CO)c1=O. The molecule has 8 heteroatoms. The van der Waals surface area contributed by atoms with Crippen LogP contribution in [0.15, 0.2) is 15.9 Å². The number of imidazole rings is 1. The summed E-state index contributed by atoms with van der Waals surface area (Å²) in [6.45, 7) is 4.77. The number of nitrogens with zero attached hydrogens (tertiary/aromatic N) is 4. The van der Waals surface area contributed by atoms with E-state index in [0.29, 0.717) is 50.1 Å². The summed E-state index contributed by atoms with van der Waals surface area (Å²) >= 11 is 0. The number of aryl methyl sites for hydroxylation is 2. The Morgan fingerprint density at radius 3 is 2.52 bits per heavy atom. The van der Waals surface area contributed by atoms with Crippen LogP contribution < -0.4 is 11.2 Å². The van der Waals surface area contributed by atoms with Crippen molar-refractivity contribution in [1.29, 1.82) is 0 Å². The molecule has 2 aromatic heterocycles. The van der Waals surface area contributed by atoms with E-state index in [2.05, 4.69) is 4.98 Å². The predicted octanol–water partition coefficient (Wildman–Crippen LogP) is -0.0770. The Balaban J connectivity index is 2.37. The Morgan fingerprint density at radius 2 is 1.91 bits per heavy atom. The van der Waals surface area contributed by atoms with Gasteiger partial charge in [-0.1, -0.05) is 0 Å². The number of hydrogen-bond donors (Lipinski definition) is 2. The first kappa shape index (κ1) is 17.4.